The summed E-state index contributed by atoms with van der Waals surface area (Å²) in [5.74, 6) is 2.49. The summed E-state index contributed by atoms with van der Waals surface area (Å²) in [6.07, 6.45) is 0.227. The number of carbonyl (C=O) groups is 1. The molecule has 0 aliphatic carbocycles. The molecule has 0 aliphatic rings. The van der Waals surface area contributed by atoms with Gasteiger partial charge in [0.1, 0.15) is 23.9 Å². The number of rotatable bonds is 9. The van der Waals surface area contributed by atoms with Gasteiger partial charge < -0.3 is 14.2 Å². The van der Waals surface area contributed by atoms with E-state index in [-0.39, 0.29) is 19.0 Å². The van der Waals surface area contributed by atoms with Crippen molar-refractivity contribution in [3.8, 4) is 17.2 Å². The van der Waals surface area contributed by atoms with Crippen LogP contribution in [0.5, 0.6) is 17.2 Å². The molecule has 0 radical (unpaired) electrons. The minimum absolute atomic E-state index is 0.209. The van der Waals surface area contributed by atoms with Crippen molar-refractivity contribution >= 4 is 5.97 Å². The third-order valence-electron chi connectivity index (χ3n) is 4.13. The molecule has 0 amide bonds. The number of carbonyl (C=O) groups excluding carboxylic acids is 1. The maximum atomic E-state index is 12.2. The van der Waals surface area contributed by atoms with Crippen LogP contribution in [0, 0.1) is 5.92 Å². The number of para-hydroxylation sites is 1. The lowest BCUT2D eigenvalue weighted by Crippen LogP contribution is -2.08. The van der Waals surface area contributed by atoms with Crippen LogP contribution in [-0.2, 0) is 22.6 Å². The zero-order valence-electron chi connectivity index (χ0n) is 16.8. The first-order valence-corrected chi connectivity index (χ1v) is 9.77. The smallest absolute Gasteiger partial charge is 0.310 e. The zero-order valence-corrected chi connectivity index (χ0v) is 16.8. The lowest BCUT2D eigenvalue weighted by atomic mass is 10.1. The topological polar surface area (TPSA) is 44.8 Å². The van der Waals surface area contributed by atoms with Crippen LogP contribution in [0.4, 0.5) is 0 Å². The van der Waals surface area contributed by atoms with Crippen molar-refractivity contribution in [3.63, 3.8) is 0 Å². The van der Waals surface area contributed by atoms with Gasteiger partial charge in [0.25, 0.3) is 0 Å². The predicted molar refractivity (Wildman–Crippen MR) is 113 cm³/mol. The second-order valence-corrected chi connectivity index (χ2v) is 7.25. The van der Waals surface area contributed by atoms with Crippen LogP contribution in [0.1, 0.15) is 25.0 Å². The standard InChI is InChI=1S/C25H26O4/c1-19(2)17-27-22-13-11-20(12-14-22)16-25(26)28-18-21-7-6-10-24(15-21)29-23-8-4-3-5-9-23/h3-15,19H,16-18H2,1-2H3. The van der Waals surface area contributed by atoms with Gasteiger partial charge in [-0.05, 0) is 53.4 Å². The number of hydrogen-bond donors (Lipinski definition) is 0. The van der Waals surface area contributed by atoms with E-state index >= 15 is 0 Å². The Morgan fingerprint density at radius 3 is 2.24 bits per heavy atom. The molecule has 0 fully saturated rings. The first kappa shape index (κ1) is 20.5. The average Bonchev–Trinajstić information content (AvgIpc) is 2.73. The van der Waals surface area contributed by atoms with Gasteiger partial charge in [-0.25, -0.2) is 0 Å². The summed E-state index contributed by atoms with van der Waals surface area (Å²) >= 11 is 0. The monoisotopic (exact) mass is 390 g/mol. The SMILES string of the molecule is CC(C)COc1ccc(CC(=O)OCc2cccc(Oc3ccccc3)c2)cc1. The van der Waals surface area contributed by atoms with E-state index in [0.717, 1.165) is 22.6 Å². The third-order valence-corrected chi connectivity index (χ3v) is 4.13. The van der Waals surface area contributed by atoms with E-state index in [1.54, 1.807) is 0 Å². The maximum Gasteiger partial charge on any atom is 0.310 e. The van der Waals surface area contributed by atoms with Gasteiger partial charge in [-0.1, -0.05) is 56.3 Å². The number of benzene rings is 3. The summed E-state index contributed by atoms with van der Waals surface area (Å²) in [5.41, 5.74) is 1.78. The molecule has 0 aromatic heterocycles. The minimum atomic E-state index is -0.268. The molecule has 0 bridgehead atoms. The highest BCUT2D eigenvalue weighted by atomic mass is 16.5. The lowest BCUT2D eigenvalue weighted by Gasteiger charge is -2.10. The van der Waals surface area contributed by atoms with E-state index in [9.17, 15) is 4.79 Å². The fourth-order valence-corrected chi connectivity index (χ4v) is 2.67. The number of esters is 1. The van der Waals surface area contributed by atoms with Crippen molar-refractivity contribution in [3.05, 3.63) is 90.0 Å². The van der Waals surface area contributed by atoms with Crippen molar-refractivity contribution in [2.24, 2.45) is 5.92 Å². The fraction of sp³-hybridized carbons (Fsp3) is 0.240. The van der Waals surface area contributed by atoms with E-state index in [1.807, 2.05) is 78.9 Å². The van der Waals surface area contributed by atoms with Gasteiger partial charge >= 0.3 is 5.97 Å². The van der Waals surface area contributed by atoms with Crippen LogP contribution in [0.3, 0.4) is 0 Å². The van der Waals surface area contributed by atoms with Crippen LogP contribution < -0.4 is 9.47 Å². The van der Waals surface area contributed by atoms with Gasteiger partial charge in [-0.3, -0.25) is 4.79 Å². The largest absolute Gasteiger partial charge is 0.493 e. The van der Waals surface area contributed by atoms with Gasteiger partial charge in [0.2, 0.25) is 0 Å². The van der Waals surface area contributed by atoms with Crippen LogP contribution in [-0.4, -0.2) is 12.6 Å². The van der Waals surface area contributed by atoms with Crippen LogP contribution in [0.25, 0.3) is 0 Å². The van der Waals surface area contributed by atoms with E-state index in [0.29, 0.717) is 18.3 Å². The van der Waals surface area contributed by atoms with Crippen molar-refractivity contribution in [1.82, 2.24) is 0 Å². The third kappa shape index (κ3) is 7.00. The zero-order chi connectivity index (χ0) is 20.5. The molecule has 0 atom stereocenters. The normalized spacial score (nSPS) is 10.6. The highest BCUT2D eigenvalue weighted by molar-refractivity contribution is 5.72. The van der Waals surface area contributed by atoms with Gasteiger partial charge in [-0.15, -0.1) is 0 Å². The Balaban J connectivity index is 1.48. The Morgan fingerprint density at radius 1 is 0.793 bits per heavy atom. The lowest BCUT2D eigenvalue weighted by molar-refractivity contribution is -0.144. The molecule has 0 aliphatic heterocycles. The molecule has 4 heteroatoms. The summed E-state index contributed by atoms with van der Waals surface area (Å²) in [7, 11) is 0. The average molecular weight is 390 g/mol. The molecule has 3 aromatic rings. The van der Waals surface area contributed by atoms with Gasteiger partial charge in [0.05, 0.1) is 13.0 Å². The van der Waals surface area contributed by atoms with E-state index in [1.165, 1.54) is 0 Å². The molecular formula is C25H26O4. The summed E-state index contributed by atoms with van der Waals surface area (Å²) in [6, 6.07) is 24.7. The molecule has 150 valence electrons. The molecular weight excluding hydrogens is 364 g/mol. The molecule has 0 saturated carbocycles. The quantitative estimate of drug-likeness (QED) is 0.433. The Bertz CT molecular complexity index is 902. The molecule has 0 unspecified atom stereocenters. The Hall–Kier alpha value is -3.27. The summed E-state index contributed by atoms with van der Waals surface area (Å²) in [4.78, 5) is 12.2. The molecule has 0 saturated heterocycles. The molecule has 29 heavy (non-hydrogen) atoms. The Labute approximate surface area is 172 Å². The summed E-state index contributed by atoms with van der Waals surface area (Å²) < 4.78 is 16.9. The van der Waals surface area contributed by atoms with Gasteiger partial charge in [-0.2, -0.15) is 0 Å². The second-order valence-electron chi connectivity index (χ2n) is 7.25. The summed E-state index contributed by atoms with van der Waals surface area (Å²) in [5, 5.41) is 0. The molecule has 0 spiro atoms. The number of ether oxygens (including phenoxy) is 3. The van der Waals surface area contributed by atoms with Crippen LogP contribution >= 0.6 is 0 Å². The molecule has 3 rings (SSSR count). The molecule has 0 N–H and O–H groups in total. The highest BCUT2D eigenvalue weighted by Gasteiger charge is 2.07. The highest BCUT2D eigenvalue weighted by Crippen LogP contribution is 2.22. The van der Waals surface area contributed by atoms with E-state index in [2.05, 4.69) is 13.8 Å². The van der Waals surface area contributed by atoms with E-state index in [4.69, 9.17) is 14.2 Å². The predicted octanol–water partition coefficient (Wildman–Crippen LogP) is 5.80. The minimum Gasteiger partial charge on any atom is -0.493 e. The molecule has 4 nitrogen and oxygen atoms in total. The van der Waals surface area contributed by atoms with E-state index < -0.39 is 0 Å². The first-order chi connectivity index (χ1) is 14.1. The Morgan fingerprint density at radius 2 is 1.52 bits per heavy atom. The van der Waals surface area contributed by atoms with Crippen molar-refractivity contribution < 1.29 is 19.0 Å². The molecule has 3 aromatic carbocycles. The van der Waals surface area contributed by atoms with Gasteiger partial charge in [0.15, 0.2) is 0 Å². The number of hydrogen-bond acceptors (Lipinski definition) is 4. The maximum absolute atomic E-state index is 12.2. The van der Waals surface area contributed by atoms with Crippen LogP contribution in [0.2, 0.25) is 0 Å². The van der Waals surface area contributed by atoms with Crippen molar-refractivity contribution in [2.75, 3.05) is 6.61 Å². The first-order valence-electron chi connectivity index (χ1n) is 9.77. The van der Waals surface area contributed by atoms with Crippen molar-refractivity contribution in [2.45, 2.75) is 26.9 Å². The van der Waals surface area contributed by atoms with Gasteiger partial charge in [0, 0.05) is 0 Å². The molecule has 0 heterocycles. The summed E-state index contributed by atoms with van der Waals surface area (Å²) in [6.45, 7) is 5.09. The Kier molecular flexibility index (Phi) is 7.28. The second kappa shape index (κ2) is 10.3. The fourth-order valence-electron chi connectivity index (χ4n) is 2.67. The van der Waals surface area contributed by atoms with Crippen molar-refractivity contribution in [1.29, 1.82) is 0 Å². The van der Waals surface area contributed by atoms with Crippen LogP contribution in [0.15, 0.2) is 78.9 Å².